The summed E-state index contributed by atoms with van der Waals surface area (Å²) >= 11 is 0. The third-order valence-corrected chi connectivity index (χ3v) is 5.69. The normalized spacial score (nSPS) is 10.1. The van der Waals surface area contributed by atoms with Gasteiger partial charge in [0.1, 0.15) is 0 Å². The Morgan fingerprint density at radius 2 is 0.806 bits per heavy atom. The molecule has 3 heteroatoms. The van der Waals surface area contributed by atoms with Crippen LogP contribution >= 0.6 is 0 Å². The zero-order chi connectivity index (χ0) is 19.1. The van der Waals surface area contributed by atoms with Crippen LogP contribution in [-0.4, -0.2) is 0 Å². The van der Waals surface area contributed by atoms with Gasteiger partial charge in [0.2, 0.25) is 0 Å². The monoisotopic (exact) mass is 518 g/mol. The Morgan fingerprint density at radius 1 is 0.452 bits per heavy atom. The van der Waals surface area contributed by atoms with Crippen LogP contribution in [0.15, 0.2) is 97.1 Å². The van der Waals surface area contributed by atoms with E-state index in [0.717, 1.165) is 0 Å². The maximum absolute atomic E-state index is 2.26. The van der Waals surface area contributed by atoms with Crippen molar-refractivity contribution in [2.45, 2.75) is 13.8 Å². The molecule has 0 saturated heterocycles. The Hall–Kier alpha value is -1.92. The summed E-state index contributed by atoms with van der Waals surface area (Å²) in [7, 11) is 0. The Bertz CT molecular complexity index is 1330. The van der Waals surface area contributed by atoms with E-state index < -0.39 is 0 Å². The second kappa shape index (κ2) is 10.6. The third-order valence-electron chi connectivity index (χ3n) is 5.69. The largest absolute Gasteiger partial charge is 4.00 e. The average Bonchev–Trinajstić information content (AvgIpc) is 3.28. The molecular formula is C28H22Cl2Zr. The summed E-state index contributed by atoms with van der Waals surface area (Å²) in [6.07, 6.45) is 0. The van der Waals surface area contributed by atoms with Gasteiger partial charge in [0.15, 0.2) is 0 Å². The van der Waals surface area contributed by atoms with Crippen LogP contribution < -0.4 is 24.8 Å². The summed E-state index contributed by atoms with van der Waals surface area (Å²) in [6.45, 7) is 4.35. The molecule has 0 radical (unpaired) electrons. The minimum atomic E-state index is 0. The molecule has 0 aromatic heterocycles. The summed E-state index contributed by atoms with van der Waals surface area (Å²) in [5.74, 6) is 0. The third kappa shape index (κ3) is 4.65. The van der Waals surface area contributed by atoms with E-state index in [2.05, 4.69) is 111 Å². The molecule has 0 N–H and O–H groups in total. The molecule has 0 heterocycles. The number of aryl methyl sites for hydroxylation is 2. The first-order valence-electron chi connectivity index (χ1n) is 9.80. The molecule has 6 aromatic carbocycles. The predicted molar refractivity (Wildman–Crippen MR) is 124 cm³/mol. The topological polar surface area (TPSA) is 0 Å². The SMILES string of the molecule is Cc1cccc2[cH-]c3ccccc3c12.Cc1cccc2[cH-]c3ccccc3c12.[Cl-].[Cl-].[Zr+4]. The van der Waals surface area contributed by atoms with E-state index >= 15 is 0 Å². The van der Waals surface area contributed by atoms with Crippen LogP contribution in [0.1, 0.15) is 11.1 Å². The Labute approximate surface area is 214 Å². The molecule has 31 heavy (non-hydrogen) atoms. The number of fused-ring (bicyclic) bond motifs is 6. The molecule has 0 aliphatic heterocycles. The fourth-order valence-electron chi connectivity index (χ4n) is 4.39. The molecule has 0 atom stereocenters. The van der Waals surface area contributed by atoms with E-state index in [9.17, 15) is 0 Å². The predicted octanol–water partition coefficient (Wildman–Crippen LogP) is 2.05. The smallest absolute Gasteiger partial charge is 1.00 e. The van der Waals surface area contributed by atoms with Gasteiger partial charge < -0.3 is 24.8 Å². The van der Waals surface area contributed by atoms with Crippen molar-refractivity contribution in [3.8, 4) is 0 Å². The van der Waals surface area contributed by atoms with Gasteiger partial charge in [-0.25, -0.2) is 0 Å². The Balaban J connectivity index is 0.000000201. The van der Waals surface area contributed by atoms with Gasteiger partial charge >= 0.3 is 26.2 Å². The summed E-state index contributed by atoms with van der Waals surface area (Å²) in [4.78, 5) is 0. The maximum atomic E-state index is 2.26. The van der Waals surface area contributed by atoms with E-state index in [4.69, 9.17) is 0 Å². The molecule has 0 bridgehead atoms. The first-order chi connectivity index (χ1) is 13.7. The molecule has 0 spiro atoms. The molecule has 6 rings (SSSR count). The molecular weight excluding hydrogens is 498 g/mol. The Morgan fingerprint density at radius 3 is 1.23 bits per heavy atom. The standard InChI is InChI=1S/2C14H11.2ClH.Zr/c2*1-10-5-4-7-12-9-11-6-2-3-8-13(11)14(10)12;;;/h2*2-9H,1H3;2*1H;/q2*-1;;;+4/p-2. The van der Waals surface area contributed by atoms with Crippen molar-refractivity contribution in [1.82, 2.24) is 0 Å². The van der Waals surface area contributed by atoms with Crippen molar-refractivity contribution in [2.24, 2.45) is 0 Å². The zero-order valence-corrected chi connectivity index (χ0v) is 21.5. The quantitative estimate of drug-likeness (QED) is 0.269. The zero-order valence-electron chi connectivity index (χ0n) is 17.5. The molecule has 0 aliphatic carbocycles. The van der Waals surface area contributed by atoms with Gasteiger partial charge in [0.05, 0.1) is 0 Å². The molecule has 0 fully saturated rings. The first-order valence-corrected chi connectivity index (χ1v) is 9.80. The minimum Gasteiger partial charge on any atom is -1.00 e. The van der Waals surface area contributed by atoms with E-state index in [0.29, 0.717) is 0 Å². The van der Waals surface area contributed by atoms with E-state index in [-0.39, 0.29) is 51.0 Å². The minimum absolute atomic E-state index is 0. The molecule has 0 nitrogen and oxygen atoms in total. The maximum Gasteiger partial charge on any atom is 4.00 e. The van der Waals surface area contributed by atoms with Gasteiger partial charge in [-0.15, -0.1) is 79.5 Å². The number of benzene rings is 4. The average molecular weight is 521 g/mol. The molecule has 6 aromatic rings. The van der Waals surface area contributed by atoms with Crippen LogP contribution in [0.2, 0.25) is 0 Å². The number of rotatable bonds is 0. The van der Waals surface area contributed by atoms with Gasteiger partial charge in [0, 0.05) is 0 Å². The Kier molecular flexibility index (Phi) is 8.67. The van der Waals surface area contributed by atoms with Crippen molar-refractivity contribution < 1.29 is 51.0 Å². The number of hydrogen-bond donors (Lipinski definition) is 0. The van der Waals surface area contributed by atoms with Crippen molar-refractivity contribution >= 4 is 43.1 Å². The van der Waals surface area contributed by atoms with Crippen LogP contribution in [0.5, 0.6) is 0 Å². The van der Waals surface area contributed by atoms with Gasteiger partial charge in [-0.1, -0.05) is 71.8 Å². The summed E-state index contributed by atoms with van der Waals surface area (Å²) < 4.78 is 0. The molecule has 0 unspecified atom stereocenters. The fraction of sp³-hybridized carbons (Fsp3) is 0.0714. The van der Waals surface area contributed by atoms with Crippen molar-refractivity contribution in [2.75, 3.05) is 0 Å². The van der Waals surface area contributed by atoms with Crippen LogP contribution in [0, 0.1) is 13.8 Å². The molecule has 152 valence electrons. The van der Waals surface area contributed by atoms with Crippen LogP contribution in [0.4, 0.5) is 0 Å². The van der Waals surface area contributed by atoms with E-state index in [1.54, 1.807) is 0 Å². The molecule has 0 amide bonds. The van der Waals surface area contributed by atoms with Gasteiger partial charge in [-0.05, 0) is 13.8 Å². The summed E-state index contributed by atoms with van der Waals surface area (Å²) in [5.41, 5.74) is 2.73. The van der Waals surface area contributed by atoms with Crippen molar-refractivity contribution in [3.05, 3.63) is 108 Å². The fourth-order valence-corrected chi connectivity index (χ4v) is 4.39. The summed E-state index contributed by atoms with van der Waals surface area (Å²) in [5, 5.41) is 11.0. The molecule has 0 saturated carbocycles. The van der Waals surface area contributed by atoms with Crippen molar-refractivity contribution in [3.63, 3.8) is 0 Å². The molecule has 0 aliphatic rings. The van der Waals surface area contributed by atoms with Crippen LogP contribution in [0.25, 0.3) is 43.1 Å². The van der Waals surface area contributed by atoms with E-state index in [1.165, 1.54) is 54.2 Å². The van der Waals surface area contributed by atoms with Crippen molar-refractivity contribution in [1.29, 1.82) is 0 Å². The van der Waals surface area contributed by atoms with E-state index in [1.807, 2.05) is 0 Å². The number of hydrogen-bond acceptors (Lipinski definition) is 0. The first kappa shape index (κ1) is 25.3. The number of halogens is 2. The second-order valence-corrected chi connectivity index (χ2v) is 7.54. The summed E-state index contributed by atoms with van der Waals surface area (Å²) in [6, 6.07) is 34.6. The van der Waals surface area contributed by atoms with Gasteiger partial charge in [-0.2, -0.15) is 0 Å². The van der Waals surface area contributed by atoms with Crippen LogP contribution in [-0.2, 0) is 26.2 Å². The van der Waals surface area contributed by atoms with Crippen LogP contribution in [0.3, 0.4) is 0 Å². The second-order valence-electron chi connectivity index (χ2n) is 7.54. The van der Waals surface area contributed by atoms with Gasteiger partial charge in [-0.3, -0.25) is 0 Å². The van der Waals surface area contributed by atoms with Gasteiger partial charge in [0.25, 0.3) is 0 Å².